The molecule has 1 saturated heterocycles. The molecular formula is C25H28N2O2. The molecule has 2 heterocycles. The van der Waals surface area contributed by atoms with Crippen molar-refractivity contribution in [2.24, 2.45) is 5.92 Å². The van der Waals surface area contributed by atoms with Crippen LogP contribution in [0.15, 0.2) is 59.4 Å². The Labute approximate surface area is 171 Å². The van der Waals surface area contributed by atoms with Crippen LogP contribution in [0.4, 0.5) is 0 Å². The van der Waals surface area contributed by atoms with E-state index in [1.54, 1.807) is 0 Å². The van der Waals surface area contributed by atoms with E-state index in [4.69, 9.17) is 0 Å². The second-order valence-corrected chi connectivity index (χ2v) is 8.08. The molecular weight excluding hydrogens is 360 g/mol. The van der Waals surface area contributed by atoms with Gasteiger partial charge in [0, 0.05) is 23.5 Å². The Balaban J connectivity index is 1.48. The average molecular weight is 389 g/mol. The number of nitrogens with zero attached hydrogens (tertiary/aromatic N) is 1. The molecule has 4 rings (SSSR count). The van der Waals surface area contributed by atoms with Gasteiger partial charge in [0.1, 0.15) is 6.29 Å². The lowest BCUT2D eigenvalue weighted by Crippen LogP contribution is -2.35. The molecule has 3 aromatic rings. The van der Waals surface area contributed by atoms with E-state index in [1.807, 2.05) is 31.2 Å². The number of rotatable bonds is 6. The lowest BCUT2D eigenvalue weighted by atomic mass is 9.80. The highest BCUT2D eigenvalue weighted by Gasteiger charge is 2.27. The summed E-state index contributed by atoms with van der Waals surface area (Å²) in [6, 6.07) is 18.5. The molecule has 150 valence electrons. The van der Waals surface area contributed by atoms with Crippen molar-refractivity contribution in [3.8, 4) is 0 Å². The summed E-state index contributed by atoms with van der Waals surface area (Å²) >= 11 is 0. The van der Waals surface area contributed by atoms with Gasteiger partial charge in [-0.1, -0.05) is 43.3 Å². The van der Waals surface area contributed by atoms with E-state index in [1.165, 1.54) is 5.56 Å². The normalized spacial score (nSPS) is 16.7. The van der Waals surface area contributed by atoms with Gasteiger partial charge < -0.3 is 9.78 Å². The van der Waals surface area contributed by atoms with Gasteiger partial charge in [-0.15, -0.1) is 0 Å². The molecule has 29 heavy (non-hydrogen) atoms. The van der Waals surface area contributed by atoms with Crippen molar-refractivity contribution in [1.29, 1.82) is 0 Å². The Morgan fingerprint density at radius 2 is 1.86 bits per heavy atom. The van der Waals surface area contributed by atoms with E-state index >= 15 is 0 Å². The van der Waals surface area contributed by atoms with Crippen molar-refractivity contribution in [3.63, 3.8) is 0 Å². The van der Waals surface area contributed by atoms with Crippen LogP contribution >= 0.6 is 0 Å². The summed E-state index contributed by atoms with van der Waals surface area (Å²) in [7, 11) is 0. The lowest BCUT2D eigenvalue weighted by Gasteiger charge is -2.34. The minimum absolute atomic E-state index is 0.0227. The van der Waals surface area contributed by atoms with Gasteiger partial charge in [-0.3, -0.25) is 9.69 Å². The van der Waals surface area contributed by atoms with Crippen molar-refractivity contribution in [2.75, 3.05) is 13.1 Å². The van der Waals surface area contributed by atoms with Gasteiger partial charge in [-0.25, -0.2) is 0 Å². The minimum atomic E-state index is -0.0877. The van der Waals surface area contributed by atoms with E-state index in [0.717, 1.165) is 60.8 Å². The quantitative estimate of drug-likeness (QED) is 0.641. The summed E-state index contributed by atoms with van der Waals surface area (Å²) in [6.07, 6.45) is 3.87. The number of aromatic amines is 1. The van der Waals surface area contributed by atoms with Crippen LogP contribution in [0, 0.1) is 5.92 Å². The van der Waals surface area contributed by atoms with Crippen LogP contribution in [0.1, 0.15) is 42.4 Å². The summed E-state index contributed by atoms with van der Waals surface area (Å²) in [6.45, 7) is 5.00. The Bertz CT molecular complexity index is 1030. The van der Waals surface area contributed by atoms with E-state index in [-0.39, 0.29) is 11.5 Å². The first-order valence-corrected chi connectivity index (χ1v) is 10.6. The van der Waals surface area contributed by atoms with Gasteiger partial charge >= 0.3 is 0 Å². The Morgan fingerprint density at radius 1 is 1.10 bits per heavy atom. The molecule has 1 aromatic heterocycles. The number of hydrogen-bond donors (Lipinski definition) is 1. The lowest BCUT2D eigenvalue weighted by molar-refractivity contribution is -0.110. The van der Waals surface area contributed by atoms with Crippen molar-refractivity contribution < 1.29 is 4.79 Å². The number of hydrogen-bond acceptors (Lipinski definition) is 3. The number of carbonyl (C=O) groups is 1. The van der Waals surface area contributed by atoms with Gasteiger partial charge in [-0.05, 0) is 73.0 Å². The maximum atomic E-state index is 12.0. The van der Waals surface area contributed by atoms with E-state index in [0.29, 0.717) is 12.3 Å². The number of fused-ring (bicyclic) bond motifs is 1. The number of benzene rings is 2. The number of H-pyrrole nitrogens is 1. The monoisotopic (exact) mass is 388 g/mol. The van der Waals surface area contributed by atoms with Crippen LogP contribution in [-0.2, 0) is 17.8 Å². The van der Waals surface area contributed by atoms with Crippen LogP contribution in [0.3, 0.4) is 0 Å². The Kier molecular flexibility index (Phi) is 5.91. The minimum Gasteiger partial charge on any atom is -0.322 e. The van der Waals surface area contributed by atoms with Gasteiger partial charge in [-0.2, -0.15) is 0 Å². The molecule has 0 spiro atoms. The van der Waals surface area contributed by atoms with Gasteiger partial charge in [0.15, 0.2) is 0 Å². The molecule has 2 aromatic carbocycles. The molecule has 0 aliphatic carbocycles. The van der Waals surface area contributed by atoms with Crippen LogP contribution in [0.5, 0.6) is 0 Å². The number of carbonyl (C=O) groups excluding carboxylic acids is 1. The summed E-state index contributed by atoms with van der Waals surface area (Å²) in [4.78, 5) is 29.5. The number of pyridine rings is 1. The first kappa shape index (κ1) is 19.6. The molecule has 1 fully saturated rings. The van der Waals surface area contributed by atoms with Crippen LogP contribution in [0.25, 0.3) is 10.9 Å². The summed E-state index contributed by atoms with van der Waals surface area (Å²) in [5.74, 6) is 0.278. The molecule has 4 heteroatoms. The zero-order chi connectivity index (χ0) is 20.2. The van der Waals surface area contributed by atoms with Crippen LogP contribution in [-0.4, -0.2) is 29.3 Å². The summed E-state index contributed by atoms with van der Waals surface area (Å²) in [5.41, 5.74) is 3.99. The predicted molar refractivity (Wildman–Crippen MR) is 117 cm³/mol. The topological polar surface area (TPSA) is 53.2 Å². The molecule has 4 nitrogen and oxygen atoms in total. The third kappa shape index (κ3) is 4.33. The largest absolute Gasteiger partial charge is 0.322 e. The fraction of sp³-hybridized carbons (Fsp3) is 0.360. The highest BCUT2D eigenvalue weighted by molar-refractivity contribution is 5.81. The SMILES string of the molecule is CCc1cc2cc(C(C=O)C3CCN(Cc4ccccc4)CC3)ccc2[nH]c1=O. The number of likely N-dealkylation sites (tertiary alicyclic amines) is 1. The van der Waals surface area contributed by atoms with E-state index in [2.05, 4.69) is 40.2 Å². The number of aldehydes is 1. The Morgan fingerprint density at radius 3 is 2.55 bits per heavy atom. The maximum absolute atomic E-state index is 12.0. The standard InChI is InChI=1S/C25H28N2O2/c1-2-19-14-22-15-21(8-9-24(22)26-25(19)29)23(17-28)20-10-12-27(13-11-20)16-18-6-4-3-5-7-18/h3-9,14-15,17,20,23H,2,10-13,16H2,1H3,(H,26,29). The molecule has 0 radical (unpaired) electrons. The first-order chi connectivity index (χ1) is 14.2. The molecule has 1 N–H and O–H groups in total. The zero-order valence-corrected chi connectivity index (χ0v) is 16.9. The molecule has 1 aliphatic heterocycles. The molecule has 1 atom stereocenters. The number of aryl methyl sites for hydroxylation is 1. The summed E-state index contributed by atoms with van der Waals surface area (Å²) in [5, 5.41) is 1.01. The van der Waals surface area contributed by atoms with Crippen LogP contribution in [0.2, 0.25) is 0 Å². The van der Waals surface area contributed by atoms with Gasteiger partial charge in [0.05, 0.1) is 0 Å². The zero-order valence-electron chi connectivity index (χ0n) is 16.9. The molecule has 1 aliphatic rings. The van der Waals surface area contributed by atoms with Crippen molar-refractivity contribution >= 4 is 17.2 Å². The fourth-order valence-electron chi connectivity index (χ4n) is 4.51. The molecule has 0 bridgehead atoms. The average Bonchev–Trinajstić information content (AvgIpc) is 2.76. The third-order valence-electron chi connectivity index (χ3n) is 6.25. The van der Waals surface area contributed by atoms with E-state index in [9.17, 15) is 9.59 Å². The second kappa shape index (κ2) is 8.75. The highest BCUT2D eigenvalue weighted by Crippen LogP contribution is 2.33. The number of piperidine rings is 1. The fourth-order valence-corrected chi connectivity index (χ4v) is 4.51. The second-order valence-electron chi connectivity index (χ2n) is 8.08. The van der Waals surface area contributed by atoms with Gasteiger partial charge in [0.25, 0.3) is 5.56 Å². The van der Waals surface area contributed by atoms with Crippen molar-refractivity contribution in [2.45, 2.75) is 38.6 Å². The first-order valence-electron chi connectivity index (χ1n) is 10.6. The number of nitrogens with one attached hydrogen (secondary N) is 1. The third-order valence-corrected chi connectivity index (χ3v) is 6.25. The van der Waals surface area contributed by atoms with Crippen molar-refractivity contribution in [1.82, 2.24) is 9.88 Å². The summed E-state index contributed by atoms with van der Waals surface area (Å²) < 4.78 is 0. The highest BCUT2D eigenvalue weighted by atomic mass is 16.1. The van der Waals surface area contributed by atoms with Crippen molar-refractivity contribution in [3.05, 3.63) is 81.6 Å². The maximum Gasteiger partial charge on any atom is 0.251 e. The smallest absolute Gasteiger partial charge is 0.251 e. The molecule has 1 unspecified atom stereocenters. The molecule has 0 amide bonds. The number of aromatic nitrogens is 1. The van der Waals surface area contributed by atoms with Crippen LogP contribution < -0.4 is 5.56 Å². The Hall–Kier alpha value is -2.72. The van der Waals surface area contributed by atoms with E-state index < -0.39 is 0 Å². The molecule has 0 saturated carbocycles. The van der Waals surface area contributed by atoms with Gasteiger partial charge in [0.2, 0.25) is 0 Å². The predicted octanol–water partition coefficient (Wildman–Crippen LogP) is 4.29.